The highest BCUT2D eigenvalue weighted by atomic mass is 16.6. The minimum Gasteiger partial charge on any atom is -0.388 e. The lowest BCUT2D eigenvalue weighted by Gasteiger charge is -2.37. The maximum atomic E-state index is 9.32. The molecule has 5 atom stereocenters. The Morgan fingerprint density at radius 1 is 1.14 bits per heavy atom. The zero-order valence-electron chi connectivity index (χ0n) is 7.13. The van der Waals surface area contributed by atoms with Crippen molar-refractivity contribution in [2.24, 2.45) is 5.11 Å². The molecule has 8 heteroatoms. The summed E-state index contributed by atoms with van der Waals surface area (Å²) in [7, 11) is 0. The standard InChI is InChI=1S/C6H11N3O5/c7-9-8-1-2-3(10)4(11)5(12)6(13)14-2/h2-6,10-13H,1H2/t2?,3?,4?,5-,6?/m1/s1. The number of aliphatic hydroxyl groups is 4. The van der Waals surface area contributed by atoms with Gasteiger partial charge in [0, 0.05) is 4.91 Å². The van der Waals surface area contributed by atoms with Crippen LogP contribution in [0, 0.1) is 0 Å². The van der Waals surface area contributed by atoms with E-state index >= 15 is 0 Å². The number of rotatable bonds is 2. The fraction of sp³-hybridized carbons (Fsp3) is 1.00. The molecule has 1 rings (SSSR count). The van der Waals surface area contributed by atoms with Crippen molar-refractivity contribution < 1.29 is 25.2 Å². The van der Waals surface area contributed by atoms with E-state index in [2.05, 4.69) is 10.0 Å². The third-order valence-corrected chi connectivity index (χ3v) is 2.01. The smallest absolute Gasteiger partial charge is 0.183 e. The predicted octanol–water partition coefficient (Wildman–Crippen LogP) is -1.90. The van der Waals surface area contributed by atoms with Crippen molar-refractivity contribution in [2.75, 3.05) is 6.54 Å². The third kappa shape index (κ3) is 2.13. The Kier molecular flexibility index (Phi) is 3.64. The van der Waals surface area contributed by atoms with Crippen LogP contribution in [-0.4, -0.2) is 57.7 Å². The molecule has 0 amide bonds. The predicted molar refractivity (Wildman–Crippen MR) is 42.9 cm³/mol. The van der Waals surface area contributed by atoms with Gasteiger partial charge < -0.3 is 25.2 Å². The van der Waals surface area contributed by atoms with E-state index < -0.39 is 30.7 Å². The van der Waals surface area contributed by atoms with Crippen LogP contribution in [0.3, 0.4) is 0 Å². The highest BCUT2D eigenvalue weighted by molar-refractivity contribution is 4.89. The molecule has 1 heterocycles. The Labute approximate surface area is 79.0 Å². The largest absolute Gasteiger partial charge is 0.388 e. The van der Waals surface area contributed by atoms with Gasteiger partial charge in [0.1, 0.15) is 18.3 Å². The Morgan fingerprint density at radius 2 is 1.79 bits per heavy atom. The van der Waals surface area contributed by atoms with Crippen molar-refractivity contribution >= 4 is 0 Å². The molecule has 0 aliphatic carbocycles. The van der Waals surface area contributed by atoms with Gasteiger partial charge in [-0.2, -0.15) is 0 Å². The van der Waals surface area contributed by atoms with E-state index in [1.165, 1.54) is 0 Å². The van der Waals surface area contributed by atoms with E-state index in [9.17, 15) is 10.2 Å². The van der Waals surface area contributed by atoms with Gasteiger partial charge in [-0.3, -0.25) is 0 Å². The maximum absolute atomic E-state index is 9.32. The van der Waals surface area contributed by atoms with Gasteiger partial charge in [0.05, 0.1) is 12.6 Å². The second-order valence-corrected chi connectivity index (χ2v) is 2.95. The molecule has 0 bridgehead atoms. The van der Waals surface area contributed by atoms with Crippen LogP contribution in [0.5, 0.6) is 0 Å². The van der Waals surface area contributed by atoms with Gasteiger partial charge in [-0.1, -0.05) is 5.11 Å². The van der Waals surface area contributed by atoms with Gasteiger partial charge in [-0.15, -0.1) is 0 Å². The summed E-state index contributed by atoms with van der Waals surface area (Å²) >= 11 is 0. The number of hydrogen-bond donors (Lipinski definition) is 4. The molecule has 4 unspecified atom stereocenters. The average Bonchev–Trinajstić information content (AvgIpc) is 2.18. The van der Waals surface area contributed by atoms with Crippen LogP contribution >= 0.6 is 0 Å². The van der Waals surface area contributed by atoms with Crippen molar-refractivity contribution in [2.45, 2.75) is 30.7 Å². The van der Waals surface area contributed by atoms with Crippen LogP contribution in [0.2, 0.25) is 0 Å². The molecule has 0 aromatic carbocycles. The van der Waals surface area contributed by atoms with Crippen molar-refractivity contribution in [3.05, 3.63) is 10.4 Å². The van der Waals surface area contributed by atoms with E-state index in [4.69, 9.17) is 20.5 Å². The van der Waals surface area contributed by atoms with Gasteiger partial charge in [0.2, 0.25) is 0 Å². The molecule has 0 aromatic rings. The first-order valence-electron chi connectivity index (χ1n) is 3.96. The van der Waals surface area contributed by atoms with Crippen LogP contribution < -0.4 is 0 Å². The molecule has 0 saturated carbocycles. The SMILES string of the molecule is [N-]=[N+]=NCC1OC(O)[C@H](O)C(O)C1O. The van der Waals surface area contributed by atoms with Gasteiger partial charge >= 0.3 is 0 Å². The molecule has 1 aliphatic heterocycles. The Hall–Kier alpha value is -0.890. The summed E-state index contributed by atoms with van der Waals surface area (Å²) in [4.78, 5) is 2.44. The zero-order chi connectivity index (χ0) is 10.7. The summed E-state index contributed by atoms with van der Waals surface area (Å²) in [5.74, 6) is 0. The molecule has 14 heavy (non-hydrogen) atoms. The number of aliphatic hydroxyl groups excluding tert-OH is 4. The van der Waals surface area contributed by atoms with Gasteiger partial charge in [-0.05, 0) is 5.53 Å². The van der Waals surface area contributed by atoms with Gasteiger partial charge in [0.15, 0.2) is 6.29 Å². The summed E-state index contributed by atoms with van der Waals surface area (Å²) in [6.45, 7) is -0.224. The molecular formula is C6H11N3O5. The maximum Gasteiger partial charge on any atom is 0.183 e. The average molecular weight is 205 g/mol. The van der Waals surface area contributed by atoms with Crippen LogP contribution in [-0.2, 0) is 4.74 Å². The second kappa shape index (κ2) is 4.56. The fourth-order valence-corrected chi connectivity index (χ4v) is 1.20. The molecule has 0 spiro atoms. The molecule has 0 radical (unpaired) electrons. The molecule has 80 valence electrons. The van der Waals surface area contributed by atoms with E-state index in [0.717, 1.165) is 0 Å². The lowest BCUT2D eigenvalue weighted by atomic mass is 9.99. The van der Waals surface area contributed by atoms with E-state index in [1.807, 2.05) is 0 Å². The number of hydrogen-bond acceptors (Lipinski definition) is 6. The minimum atomic E-state index is -1.59. The molecular weight excluding hydrogens is 194 g/mol. The van der Waals surface area contributed by atoms with Crippen molar-refractivity contribution in [3.63, 3.8) is 0 Å². The molecule has 1 fully saturated rings. The lowest BCUT2D eigenvalue weighted by Crippen LogP contribution is -2.58. The summed E-state index contributed by atoms with van der Waals surface area (Å²) in [6, 6.07) is 0. The highest BCUT2D eigenvalue weighted by Gasteiger charge is 2.42. The summed E-state index contributed by atoms with van der Waals surface area (Å²) in [5.41, 5.74) is 8.01. The van der Waals surface area contributed by atoms with Crippen LogP contribution in [0.4, 0.5) is 0 Å². The molecule has 8 nitrogen and oxygen atoms in total. The zero-order valence-corrected chi connectivity index (χ0v) is 7.13. The first-order valence-corrected chi connectivity index (χ1v) is 3.96. The second-order valence-electron chi connectivity index (χ2n) is 2.95. The topological polar surface area (TPSA) is 139 Å². The first kappa shape index (κ1) is 11.2. The van der Waals surface area contributed by atoms with Crippen LogP contribution in [0.15, 0.2) is 5.11 Å². The van der Waals surface area contributed by atoms with Crippen LogP contribution in [0.1, 0.15) is 0 Å². The van der Waals surface area contributed by atoms with E-state index in [1.54, 1.807) is 0 Å². The normalized spacial score (nSPS) is 43.0. The molecule has 1 aliphatic rings. The molecule has 0 aromatic heterocycles. The fourth-order valence-electron chi connectivity index (χ4n) is 1.20. The van der Waals surface area contributed by atoms with Crippen molar-refractivity contribution in [1.29, 1.82) is 0 Å². The van der Waals surface area contributed by atoms with Crippen LogP contribution in [0.25, 0.3) is 10.4 Å². The Morgan fingerprint density at radius 3 is 2.36 bits per heavy atom. The van der Waals surface area contributed by atoms with Gasteiger partial charge in [-0.25, -0.2) is 0 Å². The van der Waals surface area contributed by atoms with Gasteiger partial charge in [0.25, 0.3) is 0 Å². The third-order valence-electron chi connectivity index (χ3n) is 2.01. The summed E-state index contributed by atoms with van der Waals surface area (Å²) in [5, 5.41) is 39.8. The van der Waals surface area contributed by atoms with E-state index in [-0.39, 0.29) is 6.54 Å². The Bertz CT molecular complexity index is 244. The monoisotopic (exact) mass is 205 g/mol. The number of nitrogens with zero attached hydrogens (tertiary/aromatic N) is 3. The first-order chi connectivity index (χ1) is 6.57. The van der Waals surface area contributed by atoms with E-state index in [0.29, 0.717) is 0 Å². The lowest BCUT2D eigenvalue weighted by molar-refractivity contribution is -0.279. The summed E-state index contributed by atoms with van der Waals surface area (Å²) < 4.78 is 4.71. The molecule has 1 saturated heterocycles. The molecule has 4 N–H and O–H groups in total. The highest BCUT2D eigenvalue weighted by Crippen LogP contribution is 2.19. The van der Waals surface area contributed by atoms with Crippen molar-refractivity contribution in [1.82, 2.24) is 0 Å². The number of azide groups is 1. The number of ether oxygens (including phenoxy) is 1. The Balaban J connectivity index is 2.64. The van der Waals surface area contributed by atoms with Crippen molar-refractivity contribution in [3.8, 4) is 0 Å². The quantitative estimate of drug-likeness (QED) is 0.237. The summed E-state index contributed by atoms with van der Waals surface area (Å²) in [6.07, 6.45) is -7.07. The minimum absolute atomic E-state index is 0.224.